The molecule has 1 amide bonds. The minimum Gasteiger partial charge on any atom is -0.450 e. The van der Waals surface area contributed by atoms with Gasteiger partial charge >= 0.3 is 5.97 Å². The summed E-state index contributed by atoms with van der Waals surface area (Å²) in [7, 11) is 1.93. The largest absolute Gasteiger partial charge is 0.450 e. The number of nitrogens with one attached hydrogen (secondary N) is 1. The van der Waals surface area contributed by atoms with E-state index in [1.165, 1.54) is 56.5 Å². The van der Waals surface area contributed by atoms with Crippen molar-refractivity contribution in [2.45, 2.75) is 59.9 Å². The number of anilines is 1. The summed E-state index contributed by atoms with van der Waals surface area (Å²) in [5.41, 5.74) is 0.856. The van der Waals surface area contributed by atoms with E-state index in [0.29, 0.717) is 34.6 Å². The van der Waals surface area contributed by atoms with Crippen molar-refractivity contribution in [3.63, 3.8) is 0 Å². The van der Waals surface area contributed by atoms with Crippen LogP contribution in [0.2, 0.25) is 0 Å². The highest BCUT2D eigenvalue weighted by molar-refractivity contribution is 7.22. The van der Waals surface area contributed by atoms with Crippen molar-refractivity contribution in [3.05, 3.63) is 123 Å². The van der Waals surface area contributed by atoms with Crippen molar-refractivity contribution in [1.82, 2.24) is 9.47 Å². The number of benzene rings is 3. The smallest absolute Gasteiger partial charge is 0.303 e. The Balaban J connectivity index is 1.67. The van der Waals surface area contributed by atoms with E-state index in [1.807, 2.05) is 37.4 Å². The van der Waals surface area contributed by atoms with Crippen LogP contribution in [0.25, 0.3) is 20.7 Å². The molecule has 0 saturated carbocycles. The van der Waals surface area contributed by atoms with Crippen molar-refractivity contribution in [1.29, 1.82) is 0 Å². The Morgan fingerprint density at radius 2 is 1.56 bits per heavy atom. The highest BCUT2D eigenvalue weighted by atomic mass is 32.1. The molecular weight excluding hydrogens is 661 g/mol. The number of ketones is 1. The zero-order valence-electron chi connectivity index (χ0n) is 28.8. The number of ether oxygens (including phenoxy) is 1. The fourth-order valence-corrected chi connectivity index (χ4v) is 7.04. The van der Waals surface area contributed by atoms with Crippen LogP contribution in [0.3, 0.4) is 0 Å². The number of amides is 1. The van der Waals surface area contributed by atoms with Gasteiger partial charge in [0.25, 0.3) is 5.91 Å². The van der Waals surface area contributed by atoms with Gasteiger partial charge in [-0.1, -0.05) is 62.4 Å². The topological polar surface area (TPSA) is 97.7 Å². The summed E-state index contributed by atoms with van der Waals surface area (Å²) in [4.78, 5) is 55.3. The van der Waals surface area contributed by atoms with Gasteiger partial charge in [0, 0.05) is 48.3 Å². The second-order valence-corrected chi connectivity index (χ2v) is 14.1. The summed E-state index contributed by atoms with van der Waals surface area (Å²) in [6.45, 7) is 8.28. The Morgan fingerprint density at radius 1 is 0.920 bits per heavy atom. The van der Waals surface area contributed by atoms with E-state index < -0.39 is 40.5 Å². The molecule has 0 unspecified atom stereocenters. The van der Waals surface area contributed by atoms with Gasteiger partial charge in [-0.25, -0.2) is 8.78 Å². The van der Waals surface area contributed by atoms with Crippen molar-refractivity contribution >= 4 is 44.9 Å². The van der Waals surface area contributed by atoms with Crippen LogP contribution in [0.15, 0.2) is 83.8 Å². The lowest BCUT2D eigenvalue weighted by Crippen LogP contribution is -2.41. The van der Waals surface area contributed by atoms with E-state index in [0.717, 1.165) is 16.0 Å². The number of aromatic nitrogens is 1. The van der Waals surface area contributed by atoms with Crippen LogP contribution in [-0.4, -0.2) is 39.8 Å². The van der Waals surface area contributed by atoms with Crippen LogP contribution in [0.1, 0.15) is 61.7 Å². The highest BCUT2D eigenvalue weighted by Crippen LogP contribution is 2.39. The van der Waals surface area contributed by atoms with E-state index >= 15 is 0 Å². The van der Waals surface area contributed by atoms with Crippen molar-refractivity contribution in [2.75, 3.05) is 12.4 Å². The standard InChI is InChI=1S/C39H39F2N3O5S/c1-23(2)34(46)30-22-44(21-28-31(40)13-10-14-32(28)41)37-33(35(30)47)29(20-43(6)19-25-11-8-7-9-12-25)36(50-37)26-15-17-27(18-16-26)42-38(48)39(4,5)49-24(3)45/h7-18,22-23H,19-21H2,1-6H3,(H,42,48). The van der Waals surface area contributed by atoms with Crippen LogP contribution in [0.5, 0.6) is 0 Å². The first-order chi connectivity index (χ1) is 23.7. The van der Waals surface area contributed by atoms with Crippen molar-refractivity contribution in [2.24, 2.45) is 5.92 Å². The predicted octanol–water partition coefficient (Wildman–Crippen LogP) is 7.81. The van der Waals surface area contributed by atoms with Crippen LogP contribution in [0, 0.1) is 17.6 Å². The Bertz CT molecular complexity index is 2100. The van der Waals surface area contributed by atoms with E-state index in [4.69, 9.17) is 4.74 Å². The molecule has 8 nitrogen and oxygen atoms in total. The second kappa shape index (κ2) is 14.9. The molecule has 5 aromatic rings. The number of nitrogens with zero attached hydrogens (tertiary/aromatic N) is 2. The van der Waals surface area contributed by atoms with Crippen molar-refractivity contribution < 1.29 is 27.9 Å². The first-order valence-corrected chi connectivity index (χ1v) is 17.0. The molecule has 2 heterocycles. The van der Waals surface area contributed by atoms with Crippen LogP contribution < -0.4 is 10.7 Å². The number of fused-ring (bicyclic) bond motifs is 1. The number of carbonyl (C=O) groups excluding carboxylic acids is 3. The lowest BCUT2D eigenvalue weighted by Gasteiger charge is -2.23. The number of carbonyl (C=O) groups is 3. The van der Waals surface area contributed by atoms with Gasteiger partial charge in [0.15, 0.2) is 11.4 Å². The van der Waals surface area contributed by atoms with Crippen LogP contribution in [0.4, 0.5) is 14.5 Å². The lowest BCUT2D eigenvalue weighted by atomic mass is 9.99. The lowest BCUT2D eigenvalue weighted by molar-refractivity contribution is -0.160. The van der Waals surface area contributed by atoms with E-state index in [2.05, 4.69) is 10.2 Å². The van der Waals surface area contributed by atoms with Crippen LogP contribution in [-0.2, 0) is 34.0 Å². The minimum absolute atomic E-state index is 0.0472. The average Bonchev–Trinajstić information content (AvgIpc) is 3.43. The predicted molar refractivity (Wildman–Crippen MR) is 192 cm³/mol. The Kier molecular flexibility index (Phi) is 10.8. The molecule has 0 spiro atoms. The average molecular weight is 700 g/mol. The van der Waals surface area contributed by atoms with Gasteiger partial charge in [-0.15, -0.1) is 11.3 Å². The fraction of sp³-hybridized carbons (Fsp3) is 0.282. The third kappa shape index (κ3) is 7.90. The molecule has 0 atom stereocenters. The van der Waals surface area contributed by atoms with Gasteiger partial charge in [-0.05, 0) is 61.9 Å². The number of rotatable bonds is 12. The number of halogens is 2. The molecule has 260 valence electrons. The quantitative estimate of drug-likeness (QED) is 0.105. The molecule has 3 aromatic carbocycles. The second-order valence-electron chi connectivity index (χ2n) is 13.1. The molecule has 11 heteroatoms. The van der Waals surface area contributed by atoms with Gasteiger partial charge < -0.3 is 14.6 Å². The molecule has 0 bridgehead atoms. The molecular formula is C39H39F2N3O5S. The molecule has 0 fully saturated rings. The molecule has 0 aliphatic heterocycles. The molecule has 1 N–H and O–H groups in total. The van der Waals surface area contributed by atoms with Gasteiger partial charge in [-0.2, -0.15) is 0 Å². The summed E-state index contributed by atoms with van der Waals surface area (Å²) >= 11 is 1.29. The third-order valence-corrected chi connectivity index (χ3v) is 9.58. The maximum Gasteiger partial charge on any atom is 0.303 e. The Hall–Kier alpha value is -5.00. The maximum absolute atomic E-state index is 15.0. The zero-order valence-corrected chi connectivity index (χ0v) is 29.6. The van der Waals surface area contributed by atoms with Gasteiger partial charge in [0.05, 0.1) is 17.5 Å². The molecule has 50 heavy (non-hydrogen) atoms. The first kappa shape index (κ1) is 36.3. The third-order valence-electron chi connectivity index (χ3n) is 8.26. The first-order valence-electron chi connectivity index (χ1n) is 16.2. The van der Waals surface area contributed by atoms with E-state index in [9.17, 15) is 28.0 Å². The van der Waals surface area contributed by atoms with Gasteiger partial charge in [0.1, 0.15) is 16.5 Å². The monoisotopic (exact) mass is 699 g/mol. The SMILES string of the molecule is CC(=O)OC(C)(C)C(=O)Nc1ccc(-c2sc3c(c2CN(C)Cc2ccccc2)c(=O)c(C(=O)C(C)C)cn3Cc2c(F)cccc2F)cc1. The van der Waals surface area contributed by atoms with Crippen LogP contribution >= 0.6 is 11.3 Å². The number of pyridine rings is 1. The fourth-order valence-electron chi connectivity index (χ4n) is 5.75. The minimum atomic E-state index is -1.40. The number of esters is 1. The van der Waals surface area contributed by atoms with Crippen molar-refractivity contribution in [3.8, 4) is 10.4 Å². The number of thiophene rings is 1. The van der Waals surface area contributed by atoms with Gasteiger partial charge in [0.2, 0.25) is 5.43 Å². The molecule has 0 aliphatic carbocycles. The summed E-state index contributed by atoms with van der Waals surface area (Å²) in [5.74, 6) is -3.42. The number of hydrogen-bond donors (Lipinski definition) is 1. The highest BCUT2D eigenvalue weighted by Gasteiger charge is 2.31. The summed E-state index contributed by atoms with van der Waals surface area (Å²) in [6, 6.07) is 20.5. The Labute approximate surface area is 293 Å². The zero-order chi connectivity index (χ0) is 36.3. The summed E-state index contributed by atoms with van der Waals surface area (Å²) in [6.07, 6.45) is 1.42. The normalized spacial score (nSPS) is 11.7. The molecule has 0 aliphatic rings. The maximum atomic E-state index is 15.0. The molecule has 0 radical (unpaired) electrons. The molecule has 0 saturated heterocycles. The van der Waals surface area contributed by atoms with E-state index in [1.54, 1.807) is 42.7 Å². The molecule has 5 rings (SSSR count). The van der Waals surface area contributed by atoms with E-state index in [-0.39, 0.29) is 23.5 Å². The number of hydrogen-bond acceptors (Lipinski definition) is 7. The number of Topliss-reactive ketones (excluding diaryl/α,β-unsaturated/α-hetero) is 1. The Morgan fingerprint density at radius 3 is 2.16 bits per heavy atom. The summed E-state index contributed by atoms with van der Waals surface area (Å²) < 4.78 is 36.7. The summed E-state index contributed by atoms with van der Waals surface area (Å²) in [5, 5.41) is 3.08. The molecule has 2 aromatic heterocycles. The van der Waals surface area contributed by atoms with Gasteiger partial charge in [-0.3, -0.25) is 24.1 Å².